The normalized spacial score (nSPS) is 16.4. The van der Waals surface area contributed by atoms with Crippen molar-refractivity contribution in [3.8, 4) is 0 Å². The SMILES string of the molecule is COCC1CCN(c2cnc(C(=O)OC)cn2)CC1. The van der Waals surface area contributed by atoms with Crippen LogP contribution in [0.4, 0.5) is 5.82 Å². The number of rotatable bonds is 4. The number of aromatic nitrogens is 2. The van der Waals surface area contributed by atoms with Crippen molar-refractivity contribution in [1.82, 2.24) is 9.97 Å². The first-order valence-electron chi connectivity index (χ1n) is 6.39. The van der Waals surface area contributed by atoms with Crippen LogP contribution in [0.2, 0.25) is 0 Å². The lowest BCUT2D eigenvalue weighted by Gasteiger charge is -2.32. The van der Waals surface area contributed by atoms with Crippen LogP contribution in [0, 0.1) is 5.92 Å². The Labute approximate surface area is 112 Å². The van der Waals surface area contributed by atoms with E-state index in [4.69, 9.17) is 4.74 Å². The van der Waals surface area contributed by atoms with Gasteiger partial charge in [-0.15, -0.1) is 0 Å². The minimum absolute atomic E-state index is 0.237. The second kappa shape index (κ2) is 6.47. The average molecular weight is 265 g/mol. The lowest BCUT2D eigenvalue weighted by atomic mass is 9.98. The van der Waals surface area contributed by atoms with E-state index in [0.717, 1.165) is 38.4 Å². The smallest absolute Gasteiger partial charge is 0.358 e. The molecule has 104 valence electrons. The number of methoxy groups -OCH3 is 2. The number of ether oxygens (including phenoxy) is 2. The third-order valence-electron chi connectivity index (χ3n) is 3.37. The van der Waals surface area contributed by atoms with Gasteiger partial charge in [-0.1, -0.05) is 0 Å². The summed E-state index contributed by atoms with van der Waals surface area (Å²) < 4.78 is 9.77. The summed E-state index contributed by atoms with van der Waals surface area (Å²) in [5.41, 5.74) is 0.237. The summed E-state index contributed by atoms with van der Waals surface area (Å²) >= 11 is 0. The van der Waals surface area contributed by atoms with E-state index in [1.165, 1.54) is 13.3 Å². The van der Waals surface area contributed by atoms with Gasteiger partial charge in [0.15, 0.2) is 5.69 Å². The van der Waals surface area contributed by atoms with Gasteiger partial charge in [0.1, 0.15) is 5.82 Å². The van der Waals surface area contributed by atoms with Crippen LogP contribution in [-0.4, -0.2) is 49.9 Å². The number of piperidine rings is 1. The Morgan fingerprint density at radius 3 is 2.58 bits per heavy atom. The Bertz CT molecular complexity index is 414. The van der Waals surface area contributed by atoms with Crippen molar-refractivity contribution in [2.24, 2.45) is 5.92 Å². The van der Waals surface area contributed by atoms with Gasteiger partial charge >= 0.3 is 5.97 Å². The van der Waals surface area contributed by atoms with Crippen molar-refractivity contribution in [2.75, 3.05) is 38.8 Å². The molecule has 6 nitrogen and oxygen atoms in total. The first kappa shape index (κ1) is 13.7. The maximum absolute atomic E-state index is 11.3. The molecule has 1 aromatic heterocycles. The summed E-state index contributed by atoms with van der Waals surface area (Å²) in [6.45, 7) is 2.71. The summed E-state index contributed by atoms with van der Waals surface area (Å²) in [6, 6.07) is 0. The zero-order chi connectivity index (χ0) is 13.7. The lowest BCUT2D eigenvalue weighted by molar-refractivity contribution is 0.0593. The summed E-state index contributed by atoms with van der Waals surface area (Å²) in [5, 5.41) is 0. The predicted molar refractivity (Wildman–Crippen MR) is 70.2 cm³/mol. The quantitative estimate of drug-likeness (QED) is 0.760. The standard InChI is InChI=1S/C13H19N3O3/c1-18-9-10-3-5-16(6-4-10)12-8-14-11(7-15-12)13(17)19-2/h7-8,10H,3-6,9H2,1-2H3. The van der Waals surface area contributed by atoms with Gasteiger partial charge in [0, 0.05) is 26.8 Å². The molecule has 1 fully saturated rings. The number of carbonyl (C=O) groups excluding carboxylic acids is 1. The summed E-state index contributed by atoms with van der Waals surface area (Å²) in [6.07, 6.45) is 5.27. The van der Waals surface area contributed by atoms with Crippen molar-refractivity contribution in [3.05, 3.63) is 18.1 Å². The lowest BCUT2D eigenvalue weighted by Crippen LogP contribution is -2.35. The van der Waals surface area contributed by atoms with E-state index in [-0.39, 0.29) is 5.69 Å². The third-order valence-corrected chi connectivity index (χ3v) is 3.37. The van der Waals surface area contributed by atoms with Crippen LogP contribution in [0.5, 0.6) is 0 Å². The van der Waals surface area contributed by atoms with Crippen LogP contribution in [-0.2, 0) is 9.47 Å². The van der Waals surface area contributed by atoms with Crippen molar-refractivity contribution in [3.63, 3.8) is 0 Å². The fraction of sp³-hybridized carbons (Fsp3) is 0.615. The van der Waals surface area contributed by atoms with Gasteiger partial charge in [-0.3, -0.25) is 0 Å². The zero-order valence-corrected chi connectivity index (χ0v) is 11.3. The van der Waals surface area contributed by atoms with E-state index in [2.05, 4.69) is 19.6 Å². The number of carbonyl (C=O) groups is 1. The molecule has 0 unspecified atom stereocenters. The molecule has 0 radical (unpaired) electrons. The van der Waals surface area contributed by atoms with Gasteiger partial charge in [0.05, 0.1) is 19.5 Å². The Hall–Kier alpha value is -1.69. The molecule has 2 rings (SSSR count). The van der Waals surface area contributed by atoms with Crippen LogP contribution < -0.4 is 4.90 Å². The van der Waals surface area contributed by atoms with Crippen LogP contribution in [0.1, 0.15) is 23.3 Å². The first-order chi connectivity index (χ1) is 9.24. The zero-order valence-electron chi connectivity index (χ0n) is 11.3. The fourth-order valence-electron chi connectivity index (χ4n) is 2.26. The Morgan fingerprint density at radius 2 is 2.05 bits per heavy atom. The molecule has 0 spiro atoms. The predicted octanol–water partition coefficient (Wildman–Crippen LogP) is 1.13. The molecule has 0 bridgehead atoms. The van der Waals surface area contributed by atoms with Crippen molar-refractivity contribution >= 4 is 11.8 Å². The molecule has 0 N–H and O–H groups in total. The Balaban J connectivity index is 1.94. The number of nitrogens with zero attached hydrogens (tertiary/aromatic N) is 3. The molecule has 2 heterocycles. The molecular formula is C13H19N3O3. The minimum atomic E-state index is -0.460. The number of hydrogen-bond acceptors (Lipinski definition) is 6. The van der Waals surface area contributed by atoms with Crippen molar-refractivity contribution < 1.29 is 14.3 Å². The monoisotopic (exact) mass is 265 g/mol. The van der Waals surface area contributed by atoms with E-state index in [0.29, 0.717) is 5.92 Å². The Morgan fingerprint density at radius 1 is 1.32 bits per heavy atom. The molecular weight excluding hydrogens is 246 g/mol. The highest BCUT2D eigenvalue weighted by atomic mass is 16.5. The first-order valence-corrected chi connectivity index (χ1v) is 6.39. The number of anilines is 1. The summed E-state index contributed by atoms with van der Waals surface area (Å²) in [5.74, 6) is 0.977. The molecule has 1 aliphatic heterocycles. The van der Waals surface area contributed by atoms with E-state index in [1.807, 2.05) is 0 Å². The highest BCUT2D eigenvalue weighted by Gasteiger charge is 2.20. The van der Waals surface area contributed by atoms with Gasteiger partial charge in [0.2, 0.25) is 0 Å². The fourth-order valence-corrected chi connectivity index (χ4v) is 2.26. The second-order valence-corrected chi connectivity index (χ2v) is 4.64. The molecule has 0 amide bonds. The summed E-state index contributed by atoms with van der Waals surface area (Å²) in [4.78, 5) is 21.8. The van der Waals surface area contributed by atoms with Crippen LogP contribution in [0.3, 0.4) is 0 Å². The van der Waals surface area contributed by atoms with Gasteiger partial charge in [-0.2, -0.15) is 0 Å². The maximum atomic E-state index is 11.3. The molecule has 0 saturated carbocycles. The molecule has 1 saturated heterocycles. The molecule has 1 aliphatic rings. The highest BCUT2D eigenvalue weighted by molar-refractivity contribution is 5.86. The van der Waals surface area contributed by atoms with Crippen LogP contribution in [0.25, 0.3) is 0 Å². The minimum Gasteiger partial charge on any atom is -0.464 e. The van der Waals surface area contributed by atoms with Crippen molar-refractivity contribution in [2.45, 2.75) is 12.8 Å². The largest absolute Gasteiger partial charge is 0.464 e. The van der Waals surface area contributed by atoms with Gasteiger partial charge < -0.3 is 14.4 Å². The molecule has 1 aromatic rings. The van der Waals surface area contributed by atoms with E-state index < -0.39 is 5.97 Å². The van der Waals surface area contributed by atoms with Gasteiger partial charge in [-0.25, -0.2) is 14.8 Å². The molecule has 0 aromatic carbocycles. The Kier molecular flexibility index (Phi) is 4.68. The number of hydrogen-bond donors (Lipinski definition) is 0. The average Bonchev–Trinajstić information content (AvgIpc) is 2.48. The molecule has 0 atom stereocenters. The van der Waals surface area contributed by atoms with Gasteiger partial charge in [0.25, 0.3) is 0 Å². The molecule has 0 aliphatic carbocycles. The summed E-state index contributed by atoms with van der Waals surface area (Å²) in [7, 11) is 3.07. The van der Waals surface area contributed by atoms with Crippen molar-refractivity contribution in [1.29, 1.82) is 0 Å². The number of esters is 1. The second-order valence-electron chi connectivity index (χ2n) is 4.64. The third kappa shape index (κ3) is 3.41. The van der Waals surface area contributed by atoms with E-state index >= 15 is 0 Å². The van der Waals surface area contributed by atoms with E-state index in [1.54, 1.807) is 13.3 Å². The molecule has 6 heteroatoms. The topological polar surface area (TPSA) is 64.5 Å². The van der Waals surface area contributed by atoms with Crippen LogP contribution >= 0.6 is 0 Å². The maximum Gasteiger partial charge on any atom is 0.358 e. The van der Waals surface area contributed by atoms with Crippen LogP contribution in [0.15, 0.2) is 12.4 Å². The highest BCUT2D eigenvalue weighted by Crippen LogP contribution is 2.21. The van der Waals surface area contributed by atoms with E-state index in [9.17, 15) is 4.79 Å². The van der Waals surface area contributed by atoms with Gasteiger partial charge in [-0.05, 0) is 18.8 Å². The molecule has 19 heavy (non-hydrogen) atoms.